The predicted octanol–water partition coefficient (Wildman–Crippen LogP) is 4.80. The number of phenolic OH excluding ortho intramolecular Hbond substituents is 1. The fourth-order valence-corrected chi connectivity index (χ4v) is 3.83. The standard InChI is InChI=1S/C27H23NO3/c29-24-19-11-10-18-23(24)26(30)28-25(20-12-4-1-5-13-20)27(31,21-14-6-2-7-15-21)22-16-8-3-9-17-22/h1-19,25,29,31H,(H,28,30)/t25-/m0/s1. The van der Waals surface area contributed by atoms with Crippen molar-refractivity contribution in [2.24, 2.45) is 0 Å². The van der Waals surface area contributed by atoms with Crippen molar-refractivity contribution in [1.29, 1.82) is 0 Å². The molecule has 0 radical (unpaired) electrons. The fourth-order valence-electron chi connectivity index (χ4n) is 3.83. The van der Waals surface area contributed by atoms with Crippen LogP contribution in [0.3, 0.4) is 0 Å². The van der Waals surface area contributed by atoms with Crippen LogP contribution in [0.2, 0.25) is 0 Å². The van der Waals surface area contributed by atoms with Gasteiger partial charge in [0.15, 0.2) is 0 Å². The topological polar surface area (TPSA) is 69.6 Å². The predicted molar refractivity (Wildman–Crippen MR) is 121 cm³/mol. The Balaban J connectivity index is 1.88. The number of aromatic hydroxyl groups is 1. The van der Waals surface area contributed by atoms with Gasteiger partial charge in [0.25, 0.3) is 5.91 Å². The summed E-state index contributed by atoms with van der Waals surface area (Å²) >= 11 is 0. The zero-order chi connectivity index (χ0) is 21.7. The molecular weight excluding hydrogens is 386 g/mol. The first kappa shape index (κ1) is 20.4. The summed E-state index contributed by atoms with van der Waals surface area (Å²) in [4.78, 5) is 13.2. The Morgan fingerprint density at radius 2 is 1.13 bits per heavy atom. The van der Waals surface area contributed by atoms with Crippen molar-refractivity contribution in [3.05, 3.63) is 138 Å². The van der Waals surface area contributed by atoms with Gasteiger partial charge in [-0.15, -0.1) is 0 Å². The highest BCUT2D eigenvalue weighted by Crippen LogP contribution is 2.41. The Morgan fingerprint density at radius 3 is 1.65 bits per heavy atom. The maximum absolute atomic E-state index is 13.2. The lowest BCUT2D eigenvalue weighted by atomic mass is 9.77. The highest BCUT2D eigenvalue weighted by Gasteiger charge is 2.42. The monoisotopic (exact) mass is 409 g/mol. The molecule has 0 aliphatic carbocycles. The molecule has 0 fully saturated rings. The van der Waals surface area contributed by atoms with Crippen LogP contribution in [0.1, 0.15) is 33.1 Å². The summed E-state index contributed by atoms with van der Waals surface area (Å²) in [6.07, 6.45) is 0. The molecule has 0 saturated carbocycles. The van der Waals surface area contributed by atoms with Crippen LogP contribution in [0.25, 0.3) is 0 Å². The second-order valence-electron chi connectivity index (χ2n) is 7.33. The SMILES string of the molecule is O=C(N[C@@H](c1ccccc1)C(O)(c1ccccc1)c1ccccc1)c1ccccc1O. The van der Waals surface area contributed by atoms with E-state index in [1.54, 1.807) is 18.2 Å². The van der Waals surface area contributed by atoms with Crippen molar-refractivity contribution in [2.45, 2.75) is 11.6 Å². The van der Waals surface area contributed by atoms with Crippen LogP contribution in [0, 0.1) is 0 Å². The van der Waals surface area contributed by atoms with E-state index in [4.69, 9.17) is 0 Å². The van der Waals surface area contributed by atoms with Crippen molar-refractivity contribution < 1.29 is 15.0 Å². The van der Waals surface area contributed by atoms with Gasteiger partial charge < -0.3 is 15.5 Å². The van der Waals surface area contributed by atoms with Crippen LogP contribution in [-0.4, -0.2) is 16.1 Å². The molecule has 0 heterocycles. The lowest BCUT2D eigenvalue weighted by Gasteiger charge is -2.38. The molecule has 31 heavy (non-hydrogen) atoms. The van der Waals surface area contributed by atoms with Gasteiger partial charge in [-0.1, -0.05) is 103 Å². The summed E-state index contributed by atoms with van der Waals surface area (Å²) in [5.74, 6) is -0.591. The van der Waals surface area contributed by atoms with Gasteiger partial charge in [0.05, 0.1) is 11.6 Å². The lowest BCUT2D eigenvalue weighted by molar-refractivity contribution is 0.0337. The van der Waals surface area contributed by atoms with Gasteiger partial charge in [0, 0.05) is 0 Å². The van der Waals surface area contributed by atoms with E-state index in [0.717, 1.165) is 5.56 Å². The zero-order valence-electron chi connectivity index (χ0n) is 16.8. The first-order chi connectivity index (χ1) is 15.1. The number of carbonyl (C=O) groups excluding carboxylic acids is 1. The van der Waals surface area contributed by atoms with E-state index in [-0.39, 0.29) is 11.3 Å². The summed E-state index contributed by atoms with van der Waals surface area (Å²) in [7, 11) is 0. The summed E-state index contributed by atoms with van der Waals surface area (Å²) < 4.78 is 0. The molecule has 0 bridgehead atoms. The van der Waals surface area contributed by atoms with Crippen LogP contribution in [0.15, 0.2) is 115 Å². The molecule has 3 N–H and O–H groups in total. The Morgan fingerprint density at radius 1 is 0.677 bits per heavy atom. The molecule has 1 amide bonds. The largest absolute Gasteiger partial charge is 0.507 e. The molecule has 0 spiro atoms. The molecule has 0 aliphatic heterocycles. The number of benzene rings is 4. The molecule has 4 nitrogen and oxygen atoms in total. The molecule has 154 valence electrons. The number of rotatable bonds is 6. The van der Waals surface area contributed by atoms with E-state index < -0.39 is 17.6 Å². The second kappa shape index (κ2) is 8.86. The average Bonchev–Trinajstić information content (AvgIpc) is 2.84. The number of nitrogens with one attached hydrogen (secondary N) is 1. The summed E-state index contributed by atoms with van der Waals surface area (Å²) in [5, 5.41) is 25.4. The third kappa shape index (κ3) is 4.06. The molecular formula is C27H23NO3. The highest BCUT2D eigenvalue weighted by atomic mass is 16.3. The van der Waals surface area contributed by atoms with Gasteiger partial charge in [-0.3, -0.25) is 4.79 Å². The van der Waals surface area contributed by atoms with Crippen molar-refractivity contribution in [3.8, 4) is 5.75 Å². The zero-order valence-corrected chi connectivity index (χ0v) is 16.8. The van der Waals surface area contributed by atoms with Gasteiger partial charge in [0.2, 0.25) is 0 Å². The molecule has 0 unspecified atom stereocenters. The Bertz CT molecular complexity index is 1110. The van der Waals surface area contributed by atoms with Crippen molar-refractivity contribution >= 4 is 5.91 Å². The number of phenols is 1. The number of aliphatic hydroxyl groups is 1. The highest BCUT2D eigenvalue weighted by molar-refractivity contribution is 5.97. The molecule has 1 atom stereocenters. The normalized spacial score (nSPS) is 12.2. The Hall–Kier alpha value is -3.89. The van der Waals surface area contributed by atoms with Gasteiger partial charge >= 0.3 is 0 Å². The summed E-state index contributed by atoms with van der Waals surface area (Å²) in [5.41, 5.74) is 0.623. The van der Waals surface area contributed by atoms with E-state index in [1.165, 1.54) is 6.07 Å². The van der Waals surface area contributed by atoms with Crippen LogP contribution in [0.4, 0.5) is 0 Å². The van der Waals surface area contributed by atoms with Gasteiger partial charge in [-0.05, 0) is 28.8 Å². The fraction of sp³-hybridized carbons (Fsp3) is 0.0741. The minimum absolute atomic E-state index is 0.116. The lowest BCUT2D eigenvalue weighted by Crippen LogP contribution is -2.45. The minimum atomic E-state index is -1.55. The minimum Gasteiger partial charge on any atom is -0.507 e. The summed E-state index contributed by atoms with van der Waals surface area (Å²) in [6.45, 7) is 0. The number of hydrogen-bond donors (Lipinski definition) is 3. The summed E-state index contributed by atoms with van der Waals surface area (Å²) in [6, 6.07) is 33.5. The van der Waals surface area contributed by atoms with Crippen molar-refractivity contribution in [1.82, 2.24) is 5.32 Å². The van der Waals surface area contributed by atoms with Crippen LogP contribution in [-0.2, 0) is 5.60 Å². The first-order valence-corrected chi connectivity index (χ1v) is 10.1. The van der Waals surface area contributed by atoms with Crippen molar-refractivity contribution in [3.63, 3.8) is 0 Å². The van der Waals surface area contributed by atoms with Gasteiger partial charge in [-0.25, -0.2) is 0 Å². The van der Waals surface area contributed by atoms with E-state index >= 15 is 0 Å². The third-order valence-corrected chi connectivity index (χ3v) is 5.40. The van der Waals surface area contributed by atoms with E-state index in [0.29, 0.717) is 11.1 Å². The number of carbonyl (C=O) groups is 1. The second-order valence-corrected chi connectivity index (χ2v) is 7.33. The molecule has 0 saturated heterocycles. The first-order valence-electron chi connectivity index (χ1n) is 10.1. The van der Waals surface area contributed by atoms with Crippen LogP contribution >= 0.6 is 0 Å². The average molecular weight is 409 g/mol. The van der Waals surface area contributed by atoms with Gasteiger partial charge in [0.1, 0.15) is 11.4 Å². The molecule has 4 aromatic carbocycles. The van der Waals surface area contributed by atoms with E-state index in [2.05, 4.69) is 5.32 Å². The maximum Gasteiger partial charge on any atom is 0.255 e. The number of para-hydroxylation sites is 1. The Kier molecular flexibility index (Phi) is 5.83. The molecule has 0 aromatic heterocycles. The third-order valence-electron chi connectivity index (χ3n) is 5.40. The maximum atomic E-state index is 13.2. The number of amides is 1. The van der Waals surface area contributed by atoms with E-state index in [1.807, 2.05) is 91.0 Å². The number of hydrogen-bond acceptors (Lipinski definition) is 3. The molecule has 4 heteroatoms. The van der Waals surface area contributed by atoms with Crippen molar-refractivity contribution in [2.75, 3.05) is 0 Å². The smallest absolute Gasteiger partial charge is 0.255 e. The quantitative estimate of drug-likeness (QED) is 0.428. The molecule has 4 aromatic rings. The van der Waals surface area contributed by atoms with Gasteiger partial charge in [-0.2, -0.15) is 0 Å². The van der Waals surface area contributed by atoms with Crippen LogP contribution < -0.4 is 5.32 Å². The molecule has 4 rings (SSSR count). The van der Waals surface area contributed by atoms with Crippen LogP contribution in [0.5, 0.6) is 5.75 Å². The molecule has 0 aliphatic rings. The van der Waals surface area contributed by atoms with E-state index in [9.17, 15) is 15.0 Å². The Labute approximate surface area is 181 Å².